The fourth-order valence-corrected chi connectivity index (χ4v) is 2.63. The van der Waals surface area contributed by atoms with Gasteiger partial charge in [-0.15, -0.1) is 0 Å². The van der Waals surface area contributed by atoms with Crippen molar-refractivity contribution >= 4 is 11.7 Å². The van der Waals surface area contributed by atoms with Crippen LogP contribution in [0.5, 0.6) is 0 Å². The maximum atomic E-state index is 12.2. The number of carbonyl (C=O) groups excluding carboxylic acids is 1. The number of rotatable bonds is 5. The molecule has 1 aliphatic rings. The molecule has 1 aromatic rings. The maximum Gasteiger partial charge on any atom is 0.255 e. The van der Waals surface area contributed by atoms with E-state index in [2.05, 4.69) is 27.4 Å². The smallest absolute Gasteiger partial charge is 0.255 e. The highest BCUT2D eigenvalue weighted by Gasteiger charge is 2.19. The Morgan fingerprint density at radius 1 is 1.45 bits per heavy atom. The van der Waals surface area contributed by atoms with E-state index < -0.39 is 0 Å². The molecule has 20 heavy (non-hydrogen) atoms. The van der Waals surface area contributed by atoms with Crippen LogP contribution in [0.2, 0.25) is 0 Å². The first kappa shape index (κ1) is 14.8. The number of hydrogen-bond acceptors (Lipinski definition) is 4. The summed E-state index contributed by atoms with van der Waals surface area (Å²) >= 11 is 0. The predicted octanol–water partition coefficient (Wildman–Crippen LogP) is 1.58. The van der Waals surface area contributed by atoms with Gasteiger partial charge >= 0.3 is 0 Å². The Morgan fingerprint density at radius 3 is 2.85 bits per heavy atom. The lowest BCUT2D eigenvalue weighted by atomic mass is 9.97. The molecule has 5 nitrogen and oxygen atoms in total. The van der Waals surface area contributed by atoms with Crippen molar-refractivity contribution in [1.82, 2.24) is 15.2 Å². The second kappa shape index (κ2) is 7.24. The Balaban J connectivity index is 1.83. The van der Waals surface area contributed by atoms with E-state index in [9.17, 15) is 4.79 Å². The number of nitrogens with zero attached hydrogens (tertiary/aromatic N) is 2. The van der Waals surface area contributed by atoms with Crippen LogP contribution in [0.1, 0.15) is 30.1 Å². The Hall–Kier alpha value is -1.62. The van der Waals surface area contributed by atoms with Crippen molar-refractivity contribution in [2.75, 3.05) is 38.5 Å². The summed E-state index contributed by atoms with van der Waals surface area (Å²) in [4.78, 5) is 18.8. The molecule has 0 unspecified atom stereocenters. The molecule has 0 atom stereocenters. The van der Waals surface area contributed by atoms with E-state index in [1.54, 1.807) is 25.4 Å². The van der Waals surface area contributed by atoms with Gasteiger partial charge in [0.2, 0.25) is 0 Å². The van der Waals surface area contributed by atoms with Gasteiger partial charge in [0.15, 0.2) is 0 Å². The molecule has 2 N–H and O–H groups in total. The van der Waals surface area contributed by atoms with Crippen molar-refractivity contribution < 1.29 is 4.79 Å². The van der Waals surface area contributed by atoms with Gasteiger partial charge in [0, 0.05) is 19.8 Å². The molecule has 2 heterocycles. The van der Waals surface area contributed by atoms with Crippen molar-refractivity contribution in [1.29, 1.82) is 0 Å². The highest BCUT2D eigenvalue weighted by molar-refractivity contribution is 5.98. The van der Waals surface area contributed by atoms with E-state index >= 15 is 0 Å². The fourth-order valence-electron chi connectivity index (χ4n) is 2.63. The second-order valence-electron chi connectivity index (χ2n) is 5.24. The Morgan fingerprint density at radius 2 is 2.20 bits per heavy atom. The zero-order chi connectivity index (χ0) is 14.4. The topological polar surface area (TPSA) is 57.3 Å². The Labute approximate surface area is 120 Å². The van der Waals surface area contributed by atoms with Crippen molar-refractivity contribution in [3.63, 3.8) is 0 Å². The molecule has 0 bridgehead atoms. The van der Waals surface area contributed by atoms with E-state index in [1.807, 2.05) is 0 Å². The molecule has 110 valence electrons. The molecule has 1 aromatic heterocycles. The van der Waals surface area contributed by atoms with E-state index in [0.29, 0.717) is 17.3 Å². The van der Waals surface area contributed by atoms with E-state index in [4.69, 9.17) is 0 Å². The van der Waals surface area contributed by atoms with Crippen molar-refractivity contribution in [3.8, 4) is 0 Å². The normalized spacial score (nSPS) is 16.9. The summed E-state index contributed by atoms with van der Waals surface area (Å²) in [7, 11) is 1.78. The van der Waals surface area contributed by atoms with Crippen LogP contribution in [0.3, 0.4) is 0 Å². The van der Waals surface area contributed by atoms with E-state index in [1.165, 1.54) is 12.8 Å². The summed E-state index contributed by atoms with van der Waals surface area (Å²) < 4.78 is 0. The van der Waals surface area contributed by atoms with Crippen LogP contribution in [-0.4, -0.2) is 49.0 Å². The summed E-state index contributed by atoms with van der Waals surface area (Å²) in [5.41, 5.74) is 0.612. The van der Waals surface area contributed by atoms with Crippen LogP contribution in [0.25, 0.3) is 0 Å². The van der Waals surface area contributed by atoms with Crippen LogP contribution >= 0.6 is 0 Å². The number of anilines is 1. The largest absolute Gasteiger partial charge is 0.372 e. The summed E-state index contributed by atoms with van der Waals surface area (Å²) in [6, 6.07) is 3.59. The van der Waals surface area contributed by atoms with Crippen molar-refractivity contribution in [2.45, 2.75) is 19.8 Å². The van der Waals surface area contributed by atoms with Gasteiger partial charge in [0.05, 0.1) is 5.56 Å². The molecule has 5 heteroatoms. The fraction of sp³-hybridized carbons (Fsp3) is 0.600. The predicted molar refractivity (Wildman–Crippen MR) is 81.0 cm³/mol. The van der Waals surface area contributed by atoms with Gasteiger partial charge in [-0.1, -0.05) is 6.92 Å². The molecular weight excluding hydrogens is 252 g/mol. The van der Waals surface area contributed by atoms with Gasteiger partial charge in [0.25, 0.3) is 5.91 Å². The minimum Gasteiger partial charge on any atom is -0.372 e. The molecule has 0 spiro atoms. The summed E-state index contributed by atoms with van der Waals surface area (Å²) in [5, 5.41) is 5.99. The van der Waals surface area contributed by atoms with Crippen LogP contribution in [0.4, 0.5) is 5.82 Å². The maximum absolute atomic E-state index is 12.2. The quantitative estimate of drug-likeness (QED) is 0.857. The summed E-state index contributed by atoms with van der Waals surface area (Å²) in [6.07, 6.45) is 4.02. The summed E-state index contributed by atoms with van der Waals surface area (Å²) in [6.45, 7) is 6.37. The standard InChI is InChI=1S/C15H24N4O/c1-3-19-9-6-12(7-10-19)11-18-15(20)13-5-4-8-17-14(13)16-2/h4-5,8,12H,3,6-7,9-11H2,1-2H3,(H,16,17)(H,18,20). The monoisotopic (exact) mass is 276 g/mol. The Kier molecular flexibility index (Phi) is 5.35. The first-order valence-electron chi connectivity index (χ1n) is 7.38. The third kappa shape index (κ3) is 3.70. The lowest BCUT2D eigenvalue weighted by Gasteiger charge is -2.31. The molecule has 1 amide bonds. The van der Waals surface area contributed by atoms with Gasteiger partial charge in [-0.05, 0) is 50.5 Å². The van der Waals surface area contributed by atoms with E-state index in [0.717, 1.165) is 26.2 Å². The lowest BCUT2D eigenvalue weighted by molar-refractivity contribution is 0.0937. The van der Waals surface area contributed by atoms with Gasteiger partial charge in [-0.3, -0.25) is 4.79 Å². The number of pyridine rings is 1. The van der Waals surface area contributed by atoms with Gasteiger partial charge in [0.1, 0.15) is 5.82 Å². The molecule has 2 rings (SSSR count). The number of nitrogens with one attached hydrogen (secondary N) is 2. The highest BCUT2D eigenvalue weighted by atomic mass is 16.1. The number of likely N-dealkylation sites (tertiary alicyclic amines) is 1. The second-order valence-corrected chi connectivity index (χ2v) is 5.24. The first-order valence-corrected chi connectivity index (χ1v) is 7.38. The average molecular weight is 276 g/mol. The Bertz CT molecular complexity index is 441. The van der Waals surface area contributed by atoms with Crippen LogP contribution < -0.4 is 10.6 Å². The molecule has 1 fully saturated rings. The molecule has 0 radical (unpaired) electrons. The van der Waals surface area contributed by atoms with Gasteiger partial charge in [-0.25, -0.2) is 4.98 Å². The molecule has 0 aromatic carbocycles. The molecule has 1 saturated heterocycles. The molecule has 0 aliphatic carbocycles. The van der Waals surface area contributed by atoms with E-state index in [-0.39, 0.29) is 5.91 Å². The van der Waals surface area contributed by atoms with Crippen LogP contribution in [0.15, 0.2) is 18.3 Å². The minimum absolute atomic E-state index is 0.0413. The molecular formula is C15H24N4O. The number of carbonyl (C=O) groups is 1. The number of amides is 1. The SMILES string of the molecule is CCN1CCC(CNC(=O)c2cccnc2NC)CC1. The number of hydrogen-bond donors (Lipinski definition) is 2. The van der Waals surface area contributed by atoms with Gasteiger partial charge in [-0.2, -0.15) is 0 Å². The number of aromatic nitrogens is 1. The average Bonchev–Trinajstić information content (AvgIpc) is 2.53. The van der Waals surface area contributed by atoms with Crippen LogP contribution in [0, 0.1) is 5.92 Å². The number of piperidine rings is 1. The van der Waals surface area contributed by atoms with Crippen molar-refractivity contribution in [2.24, 2.45) is 5.92 Å². The lowest BCUT2D eigenvalue weighted by Crippen LogP contribution is -2.38. The molecule has 0 saturated carbocycles. The minimum atomic E-state index is -0.0413. The summed E-state index contributed by atoms with van der Waals surface area (Å²) in [5.74, 6) is 1.18. The highest BCUT2D eigenvalue weighted by Crippen LogP contribution is 2.16. The molecule has 1 aliphatic heterocycles. The third-order valence-electron chi connectivity index (χ3n) is 3.99. The third-order valence-corrected chi connectivity index (χ3v) is 3.99. The van der Waals surface area contributed by atoms with Gasteiger partial charge < -0.3 is 15.5 Å². The zero-order valence-corrected chi connectivity index (χ0v) is 12.4. The van der Waals surface area contributed by atoms with Crippen molar-refractivity contribution in [3.05, 3.63) is 23.9 Å². The zero-order valence-electron chi connectivity index (χ0n) is 12.4. The van der Waals surface area contributed by atoms with Crippen LogP contribution in [-0.2, 0) is 0 Å². The first-order chi connectivity index (χ1) is 9.74.